The number of aliphatic hydroxyl groups is 1. The smallest absolute Gasteiger partial charge is 0.104 e. The lowest BCUT2D eigenvalue weighted by Gasteiger charge is -1.99. The van der Waals surface area contributed by atoms with E-state index in [1.807, 2.05) is 22.9 Å². The highest BCUT2D eigenvalue weighted by Gasteiger charge is 1.99. The Labute approximate surface area is 109 Å². The fourth-order valence-corrected chi connectivity index (χ4v) is 2.70. The summed E-state index contributed by atoms with van der Waals surface area (Å²) in [6, 6.07) is 6.09. The van der Waals surface area contributed by atoms with E-state index in [-0.39, 0.29) is 6.61 Å². The summed E-state index contributed by atoms with van der Waals surface area (Å²) >= 11 is 3.33. The molecule has 2 heterocycles. The lowest BCUT2D eigenvalue weighted by Crippen LogP contribution is -1.89. The summed E-state index contributed by atoms with van der Waals surface area (Å²) in [7, 11) is 0. The minimum Gasteiger partial charge on any atom is -0.384 e. The molecule has 0 saturated heterocycles. The molecule has 0 amide bonds. The van der Waals surface area contributed by atoms with Gasteiger partial charge in [0.1, 0.15) is 6.61 Å². The number of hydrogen-bond donors (Lipinski definition) is 1. The zero-order valence-corrected chi connectivity index (χ0v) is 10.8. The highest BCUT2D eigenvalue weighted by Crippen LogP contribution is 2.16. The van der Waals surface area contributed by atoms with Crippen molar-refractivity contribution in [2.75, 3.05) is 6.61 Å². The molecule has 0 fully saturated rings. The molecule has 17 heavy (non-hydrogen) atoms. The standard InChI is InChI=1S/C13H12O2S2/c14-5-1-3-11-7-13(17-10-11)9-15-8-12-4-2-6-16-12/h2,4,6-7,10,14H,5,8-9H2. The molecule has 2 nitrogen and oxygen atoms in total. The van der Waals surface area contributed by atoms with Crippen LogP contribution in [0, 0.1) is 11.8 Å². The Balaban J connectivity index is 1.81. The Kier molecular flexibility index (Phi) is 4.77. The van der Waals surface area contributed by atoms with Gasteiger partial charge in [-0.25, -0.2) is 0 Å². The normalized spacial score (nSPS) is 9.94. The SMILES string of the molecule is OCC#Cc1csc(COCc2cccs2)c1. The number of aliphatic hydroxyl groups excluding tert-OH is 1. The van der Waals surface area contributed by atoms with Crippen LogP contribution in [0.2, 0.25) is 0 Å². The molecule has 0 aliphatic carbocycles. The maximum atomic E-state index is 8.59. The summed E-state index contributed by atoms with van der Waals surface area (Å²) in [5.74, 6) is 5.51. The van der Waals surface area contributed by atoms with Gasteiger partial charge in [-0.3, -0.25) is 0 Å². The van der Waals surface area contributed by atoms with Crippen LogP contribution >= 0.6 is 22.7 Å². The average Bonchev–Trinajstić information content (AvgIpc) is 2.98. The third-order valence-electron chi connectivity index (χ3n) is 2.03. The maximum Gasteiger partial charge on any atom is 0.104 e. The topological polar surface area (TPSA) is 29.5 Å². The molecule has 0 atom stereocenters. The fourth-order valence-electron chi connectivity index (χ4n) is 1.31. The summed E-state index contributed by atoms with van der Waals surface area (Å²) in [5, 5.41) is 12.6. The predicted octanol–water partition coefficient (Wildman–Crippen LogP) is 2.87. The molecule has 0 radical (unpaired) electrons. The van der Waals surface area contributed by atoms with Gasteiger partial charge in [-0.2, -0.15) is 0 Å². The van der Waals surface area contributed by atoms with E-state index in [2.05, 4.69) is 17.9 Å². The van der Waals surface area contributed by atoms with Crippen LogP contribution in [0.15, 0.2) is 29.0 Å². The molecule has 1 N–H and O–H groups in total. The first-order valence-electron chi connectivity index (χ1n) is 5.16. The summed E-state index contributed by atoms with van der Waals surface area (Å²) in [6.07, 6.45) is 0. The van der Waals surface area contributed by atoms with E-state index in [1.165, 1.54) is 4.88 Å². The number of ether oxygens (including phenoxy) is 1. The van der Waals surface area contributed by atoms with Gasteiger partial charge in [-0.1, -0.05) is 17.9 Å². The zero-order valence-electron chi connectivity index (χ0n) is 9.18. The van der Waals surface area contributed by atoms with Gasteiger partial charge in [-0.05, 0) is 17.5 Å². The number of thiophene rings is 2. The van der Waals surface area contributed by atoms with E-state index >= 15 is 0 Å². The van der Waals surface area contributed by atoms with Crippen LogP contribution < -0.4 is 0 Å². The monoisotopic (exact) mass is 264 g/mol. The number of hydrogen-bond acceptors (Lipinski definition) is 4. The minimum absolute atomic E-state index is 0.0972. The van der Waals surface area contributed by atoms with Gasteiger partial charge in [0.25, 0.3) is 0 Å². The van der Waals surface area contributed by atoms with Gasteiger partial charge in [0.2, 0.25) is 0 Å². The highest BCUT2D eigenvalue weighted by atomic mass is 32.1. The minimum atomic E-state index is -0.0972. The van der Waals surface area contributed by atoms with Crippen molar-refractivity contribution in [3.8, 4) is 11.8 Å². The van der Waals surface area contributed by atoms with Crippen molar-refractivity contribution in [2.45, 2.75) is 13.2 Å². The molecule has 0 aromatic carbocycles. The van der Waals surface area contributed by atoms with Crippen LogP contribution in [0.5, 0.6) is 0 Å². The maximum absolute atomic E-state index is 8.59. The zero-order chi connectivity index (χ0) is 11.9. The summed E-state index contributed by atoms with van der Waals surface area (Å²) < 4.78 is 5.61. The molecule has 0 saturated carbocycles. The van der Waals surface area contributed by atoms with Crippen LogP contribution in [-0.4, -0.2) is 11.7 Å². The molecule has 0 bridgehead atoms. The average molecular weight is 264 g/mol. The van der Waals surface area contributed by atoms with Crippen LogP contribution in [0.25, 0.3) is 0 Å². The summed E-state index contributed by atoms with van der Waals surface area (Å²) in [6.45, 7) is 1.18. The van der Waals surface area contributed by atoms with E-state index in [4.69, 9.17) is 9.84 Å². The van der Waals surface area contributed by atoms with Crippen LogP contribution in [0.1, 0.15) is 15.3 Å². The second-order valence-electron chi connectivity index (χ2n) is 3.33. The molecule has 2 aromatic rings. The lowest BCUT2D eigenvalue weighted by atomic mass is 10.3. The molecule has 0 spiro atoms. The second-order valence-corrected chi connectivity index (χ2v) is 5.36. The van der Waals surface area contributed by atoms with Crippen molar-refractivity contribution in [2.24, 2.45) is 0 Å². The fraction of sp³-hybridized carbons (Fsp3) is 0.231. The van der Waals surface area contributed by atoms with Gasteiger partial charge in [0.05, 0.1) is 13.2 Å². The van der Waals surface area contributed by atoms with Crippen molar-refractivity contribution in [3.05, 3.63) is 44.3 Å². The first-order chi connectivity index (χ1) is 8.38. The molecule has 88 valence electrons. The van der Waals surface area contributed by atoms with E-state index in [0.29, 0.717) is 13.2 Å². The Morgan fingerprint density at radius 1 is 1.24 bits per heavy atom. The third kappa shape index (κ3) is 3.99. The van der Waals surface area contributed by atoms with Crippen molar-refractivity contribution < 1.29 is 9.84 Å². The van der Waals surface area contributed by atoms with Gasteiger partial charge in [0, 0.05) is 20.7 Å². The molecule has 0 aliphatic heterocycles. The molecule has 2 aromatic heterocycles. The Morgan fingerprint density at radius 2 is 2.12 bits per heavy atom. The molecular formula is C13H12O2S2. The van der Waals surface area contributed by atoms with Gasteiger partial charge < -0.3 is 9.84 Å². The Morgan fingerprint density at radius 3 is 2.88 bits per heavy atom. The van der Waals surface area contributed by atoms with Crippen molar-refractivity contribution in [3.63, 3.8) is 0 Å². The molecule has 4 heteroatoms. The lowest BCUT2D eigenvalue weighted by molar-refractivity contribution is 0.111. The van der Waals surface area contributed by atoms with Crippen LogP contribution in [0.3, 0.4) is 0 Å². The number of rotatable bonds is 4. The van der Waals surface area contributed by atoms with Gasteiger partial charge in [0.15, 0.2) is 0 Å². The predicted molar refractivity (Wildman–Crippen MR) is 71.1 cm³/mol. The van der Waals surface area contributed by atoms with Crippen molar-refractivity contribution in [1.82, 2.24) is 0 Å². The Hall–Kier alpha value is -1.12. The van der Waals surface area contributed by atoms with Gasteiger partial charge in [-0.15, -0.1) is 22.7 Å². The van der Waals surface area contributed by atoms with Crippen molar-refractivity contribution >= 4 is 22.7 Å². The van der Waals surface area contributed by atoms with Crippen LogP contribution in [-0.2, 0) is 18.0 Å². The largest absolute Gasteiger partial charge is 0.384 e. The summed E-state index contributed by atoms with van der Waals surface area (Å²) in [4.78, 5) is 2.39. The molecular weight excluding hydrogens is 252 g/mol. The van der Waals surface area contributed by atoms with E-state index in [1.54, 1.807) is 22.7 Å². The van der Waals surface area contributed by atoms with Crippen molar-refractivity contribution in [1.29, 1.82) is 0 Å². The second kappa shape index (κ2) is 6.58. The first kappa shape index (κ1) is 12.3. The molecule has 0 aliphatic rings. The molecule has 0 unspecified atom stereocenters. The quantitative estimate of drug-likeness (QED) is 0.860. The third-order valence-corrected chi connectivity index (χ3v) is 3.79. The highest BCUT2D eigenvalue weighted by molar-refractivity contribution is 7.10. The van der Waals surface area contributed by atoms with E-state index < -0.39 is 0 Å². The summed E-state index contributed by atoms with van der Waals surface area (Å²) in [5.41, 5.74) is 0.943. The van der Waals surface area contributed by atoms with Gasteiger partial charge >= 0.3 is 0 Å². The first-order valence-corrected chi connectivity index (χ1v) is 6.91. The molecule has 2 rings (SSSR count). The van der Waals surface area contributed by atoms with Crippen LogP contribution in [0.4, 0.5) is 0 Å². The van der Waals surface area contributed by atoms with E-state index in [9.17, 15) is 0 Å². The van der Waals surface area contributed by atoms with E-state index in [0.717, 1.165) is 10.4 Å². The Bertz CT molecular complexity index is 503.